The average molecular weight is 202 g/mol. The van der Waals surface area contributed by atoms with E-state index < -0.39 is 0 Å². The number of hydrogen-bond acceptors (Lipinski definition) is 3. The summed E-state index contributed by atoms with van der Waals surface area (Å²) in [5.41, 5.74) is 0. The van der Waals surface area contributed by atoms with Crippen LogP contribution in [0, 0.1) is 0 Å². The monoisotopic (exact) mass is 202 g/mol. The first-order chi connectivity index (χ1) is 5.84. The van der Waals surface area contributed by atoms with Crippen molar-refractivity contribution in [3.63, 3.8) is 0 Å². The van der Waals surface area contributed by atoms with Crippen molar-refractivity contribution in [1.82, 2.24) is 9.55 Å². The fourth-order valence-electron chi connectivity index (χ4n) is 0.868. The van der Waals surface area contributed by atoms with Crippen molar-refractivity contribution in [2.45, 2.75) is 18.0 Å². The van der Waals surface area contributed by atoms with Gasteiger partial charge in [0.25, 0.3) is 0 Å². The molecule has 68 valence electrons. The zero-order valence-corrected chi connectivity index (χ0v) is 8.94. The Hall–Kier alpha value is -0.0900. The Bertz CT molecular complexity index is 223. The molecule has 1 heterocycles. The van der Waals surface area contributed by atoms with Crippen molar-refractivity contribution >= 4 is 24.4 Å². The number of unbranched alkanes of at least 4 members (excludes halogenated alkanes) is 1. The largest absolute Gasteiger partial charge is 0.329 e. The topological polar surface area (TPSA) is 17.8 Å². The lowest BCUT2D eigenvalue weighted by atomic mass is 10.4. The van der Waals surface area contributed by atoms with E-state index in [9.17, 15) is 0 Å². The van der Waals surface area contributed by atoms with Crippen LogP contribution in [0.2, 0.25) is 0 Å². The minimum absolute atomic E-state index is 0.987. The number of imidazole rings is 1. The van der Waals surface area contributed by atoms with Crippen molar-refractivity contribution in [1.29, 1.82) is 0 Å². The van der Waals surface area contributed by atoms with Gasteiger partial charge in [0, 0.05) is 25.2 Å². The Morgan fingerprint density at radius 1 is 1.58 bits per heavy atom. The Labute approximate surface area is 83.2 Å². The number of nitrogens with zero attached hydrogens (tertiary/aromatic N) is 2. The number of aromatic nitrogens is 2. The third-order valence-electron chi connectivity index (χ3n) is 1.56. The van der Waals surface area contributed by atoms with E-state index in [-0.39, 0.29) is 0 Å². The van der Waals surface area contributed by atoms with Crippen LogP contribution in [0.15, 0.2) is 17.6 Å². The van der Waals surface area contributed by atoms with E-state index >= 15 is 0 Å². The normalized spacial score (nSPS) is 10.5. The third-order valence-corrected chi connectivity index (χ3v) is 3.02. The van der Waals surface area contributed by atoms with Gasteiger partial charge in [0.05, 0.1) is 0 Å². The Morgan fingerprint density at radius 3 is 3.00 bits per heavy atom. The highest BCUT2D eigenvalue weighted by atomic mass is 32.2. The van der Waals surface area contributed by atoms with E-state index in [4.69, 9.17) is 0 Å². The molecule has 0 unspecified atom stereocenters. The lowest BCUT2D eigenvalue weighted by Crippen LogP contribution is -1.90. The van der Waals surface area contributed by atoms with Gasteiger partial charge in [0.2, 0.25) is 0 Å². The molecule has 0 amide bonds. The molecule has 0 N–H and O–H groups in total. The first-order valence-electron chi connectivity index (χ1n) is 4.05. The second kappa shape index (κ2) is 5.54. The van der Waals surface area contributed by atoms with Gasteiger partial charge in [-0.25, -0.2) is 4.98 Å². The summed E-state index contributed by atoms with van der Waals surface area (Å²) in [7, 11) is 2.02. The fraction of sp³-hybridized carbons (Fsp3) is 0.625. The van der Waals surface area contributed by atoms with E-state index in [1.807, 2.05) is 35.8 Å². The van der Waals surface area contributed by atoms with E-state index in [2.05, 4.69) is 17.6 Å². The van der Waals surface area contributed by atoms with Gasteiger partial charge in [-0.2, -0.15) is 12.6 Å². The van der Waals surface area contributed by atoms with Gasteiger partial charge in [0.15, 0.2) is 5.16 Å². The van der Waals surface area contributed by atoms with E-state index in [0.717, 1.165) is 16.7 Å². The van der Waals surface area contributed by atoms with Crippen molar-refractivity contribution < 1.29 is 0 Å². The number of thioether (sulfide) groups is 1. The molecule has 4 heteroatoms. The average Bonchev–Trinajstić information content (AvgIpc) is 2.46. The zero-order valence-electron chi connectivity index (χ0n) is 7.23. The smallest absolute Gasteiger partial charge is 0.167 e. The maximum Gasteiger partial charge on any atom is 0.167 e. The minimum atomic E-state index is 0.987. The second-order valence-electron chi connectivity index (χ2n) is 2.60. The highest BCUT2D eigenvalue weighted by Gasteiger charge is 1.97. The molecule has 12 heavy (non-hydrogen) atoms. The van der Waals surface area contributed by atoms with Crippen molar-refractivity contribution in [2.24, 2.45) is 7.05 Å². The second-order valence-corrected chi connectivity index (χ2v) is 4.11. The quantitative estimate of drug-likeness (QED) is 0.448. The van der Waals surface area contributed by atoms with Gasteiger partial charge in [0.1, 0.15) is 0 Å². The van der Waals surface area contributed by atoms with Gasteiger partial charge < -0.3 is 4.57 Å². The van der Waals surface area contributed by atoms with Crippen molar-refractivity contribution in [3.05, 3.63) is 12.4 Å². The lowest BCUT2D eigenvalue weighted by molar-refractivity contribution is 0.787. The van der Waals surface area contributed by atoms with Crippen LogP contribution in [0.3, 0.4) is 0 Å². The maximum atomic E-state index is 4.22. The zero-order chi connectivity index (χ0) is 8.81. The molecule has 0 aliphatic rings. The first kappa shape index (κ1) is 9.99. The Morgan fingerprint density at radius 2 is 2.42 bits per heavy atom. The summed E-state index contributed by atoms with van der Waals surface area (Å²) in [6.07, 6.45) is 6.23. The summed E-state index contributed by atoms with van der Waals surface area (Å²) in [5, 5.41) is 1.11. The SMILES string of the molecule is Cn1ccnc1SCCCCS. The molecule has 0 atom stereocenters. The van der Waals surface area contributed by atoms with Crippen LogP contribution in [0.25, 0.3) is 0 Å². The van der Waals surface area contributed by atoms with Gasteiger partial charge >= 0.3 is 0 Å². The van der Waals surface area contributed by atoms with Gasteiger partial charge in [-0.1, -0.05) is 11.8 Å². The Balaban J connectivity index is 2.20. The standard InChI is InChI=1S/C8H14N2S2/c1-10-5-4-9-8(10)12-7-3-2-6-11/h4-5,11H,2-3,6-7H2,1H3. The van der Waals surface area contributed by atoms with Gasteiger partial charge in [-0.15, -0.1) is 0 Å². The highest BCUT2D eigenvalue weighted by molar-refractivity contribution is 7.99. The molecule has 0 fully saturated rings. The predicted molar refractivity (Wildman–Crippen MR) is 57.0 cm³/mol. The summed E-state index contributed by atoms with van der Waals surface area (Å²) < 4.78 is 2.05. The molecule has 2 nitrogen and oxygen atoms in total. The third kappa shape index (κ3) is 3.11. The molecule has 0 aliphatic carbocycles. The fourth-order valence-corrected chi connectivity index (χ4v) is 2.02. The molecular weight excluding hydrogens is 188 g/mol. The molecule has 0 bridgehead atoms. The van der Waals surface area contributed by atoms with Crippen molar-refractivity contribution in [3.8, 4) is 0 Å². The first-order valence-corrected chi connectivity index (χ1v) is 5.67. The molecule has 0 aromatic carbocycles. The van der Waals surface area contributed by atoms with E-state index in [1.165, 1.54) is 12.8 Å². The van der Waals surface area contributed by atoms with Crippen LogP contribution in [0.5, 0.6) is 0 Å². The summed E-state index contributed by atoms with van der Waals surface area (Å²) in [4.78, 5) is 4.22. The molecule has 1 aromatic rings. The van der Waals surface area contributed by atoms with Gasteiger partial charge in [-0.05, 0) is 18.6 Å². The van der Waals surface area contributed by atoms with E-state index in [1.54, 1.807) is 0 Å². The van der Waals surface area contributed by atoms with Crippen LogP contribution in [0.1, 0.15) is 12.8 Å². The summed E-state index contributed by atoms with van der Waals surface area (Å²) >= 11 is 5.97. The summed E-state index contributed by atoms with van der Waals surface area (Å²) in [6.45, 7) is 0. The summed E-state index contributed by atoms with van der Waals surface area (Å²) in [5.74, 6) is 2.13. The van der Waals surface area contributed by atoms with Crippen LogP contribution in [-0.2, 0) is 7.05 Å². The molecule has 0 radical (unpaired) electrons. The van der Waals surface area contributed by atoms with Crippen LogP contribution in [0.4, 0.5) is 0 Å². The van der Waals surface area contributed by atoms with Crippen molar-refractivity contribution in [2.75, 3.05) is 11.5 Å². The molecule has 1 aromatic heterocycles. The van der Waals surface area contributed by atoms with E-state index in [0.29, 0.717) is 0 Å². The molecule has 0 aliphatic heterocycles. The molecule has 0 saturated heterocycles. The number of aryl methyl sites for hydroxylation is 1. The van der Waals surface area contributed by atoms with Crippen LogP contribution < -0.4 is 0 Å². The minimum Gasteiger partial charge on any atom is -0.329 e. The maximum absolute atomic E-state index is 4.22. The summed E-state index contributed by atoms with van der Waals surface area (Å²) in [6, 6.07) is 0. The lowest BCUT2D eigenvalue weighted by Gasteiger charge is -1.99. The molecular formula is C8H14N2S2. The molecule has 0 spiro atoms. The van der Waals surface area contributed by atoms with Crippen LogP contribution >= 0.6 is 24.4 Å². The highest BCUT2D eigenvalue weighted by Crippen LogP contribution is 2.15. The predicted octanol–water partition coefficient (Wildman–Crippen LogP) is 2.22. The number of rotatable bonds is 5. The molecule has 0 saturated carbocycles. The Kier molecular flexibility index (Phi) is 4.61. The van der Waals surface area contributed by atoms with Gasteiger partial charge in [-0.3, -0.25) is 0 Å². The molecule has 1 rings (SSSR count). The number of hydrogen-bond donors (Lipinski definition) is 1. The number of thiol groups is 1. The van der Waals surface area contributed by atoms with Crippen LogP contribution in [-0.4, -0.2) is 21.1 Å².